The summed E-state index contributed by atoms with van der Waals surface area (Å²) in [6.07, 6.45) is 0. The predicted molar refractivity (Wildman–Crippen MR) is 62.4 cm³/mol. The Hall–Kier alpha value is -1.59. The highest BCUT2D eigenvalue weighted by molar-refractivity contribution is 5.97. The zero-order valence-corrected chi connectivity index (χ0v) is 10.8. The van der Waals surface area contributed by atoms with Gasteiger partial charge in [-0.25, -0.2) is 0 Å². The van der Waals surface area contributed by atoms with Crippen LogP contribution < -0.4 is 0 Å². The van der Waals surface area contributed by atoms with Crippen LogP contribution in [0.3, 0.4) is 0 Å². The van der Waals surface area contributed by atoms with Gasteiger partial charge in [-0.05, 0) is 20.8 Å². The second-order valence-corrected chi connectivity index (χ2v) is 3.82. The fraction of sp³-hybridized carbons (Fsp3) is 0.727. The van der Waals surface area contributed by atoms with Gasteiger partial charge in [0.05, 0.1) is 6.54 Å². The highest BCUT2D eigenvalue weighted by Gasteiger charge is 2.25. The number of hydrogen-bond donors (Lipinski definition) is 1. The second-order valence-electron chi connectivity index (χ2n) is 3.82. The molecule has 0 aliphatic heterocycles. The first kappa shape index (κ1) is 15.4. The Morgan fingerprint density at radius 3 is 2.00 bits per heavy atom. The van der Waals surface area contributed by atoms with E-state index >= 15 is 0 Å². The maximum atomic E-state index is 11.7. The number of nitrogens with zero attached hydrogens (tertiary/aromatic N) is 2. The van der Waals surface area contributed by atoms with Crippen LogP contribution in [-0.4, -0.2) is 59.4 Å². The van der Waals surface area contributed by atoms with Crippen LogP contribution in [0.5, 0.6) is 0 Å². The lowest BCUT2D eigenvalue weighted by atomic mass is 10.1. The van der Waals surface area contributed by atoms with Gasteiger partial charge in [0.25, 0.3) is 0 Å². The number of amides is 2. The van der Waals surface area contributed by atoms with Crippen LogP contribution in [-0.2, 0) is 14.4 Å². The number of carbonyl (C=O) groups excluding carboxylic acids is 2. The minimum Gasteiger partial charge on any atom is -0.481 e. The number of hydrogen-bond acceptors (Lipinski definition) is 3. The van der Waals surface area contributed by atoms with Gasteiger partial charge in [-0.15, -0.1) is 0 Å². The Labute approximate surface area is 101 Å². The first-order valence-electron chi connectivity index (χ1n) is 5.60. The Kier molecular flexibility index (Phi) is 6.23. The number of carbonyl (C=O) groups is 3. The summed E-state index contributed by atoms with van der Waals surface area (Å²) < 4.78 is 0. The third-order valence-electron chi connectivity index (χ3n) is 2.61. The van der Waals surface area contributed by atoms with E-state index in [1.807, 2.05) is 13.8 Å². The Morgan fingerprint density at radius 2 is 1.65 bits per heavy atom. The van der Waals surface area contributed by atoms with Crippen LogP contribution in [0, 0.1) is 5.92 Å². The van der Waals surface area contributed by atoms with E-state index in [2.05, 4.69) is 0 Å². The van der Waals surface area contributed by atoms with E-state index in [1.165, 1.54) is 14.0 Å². The summed E-state index contributed by atoms with van der Waals surface area (Å²) in [5.41, 5.74) is 0. The highest BCUT2D eigenvalue weighted by atomic mass is 16.4. The van der Waals surface area contributed by atoms with E-state index in [-0.39, 0.29) is 12.5 Å². The van der Waals surface area contributed by atoms with Crippen LogP contribution in [0.1, 0.15) is 20.8 Å². The minimum absolute atomic E-state index is 0.0852. The lowest BCUT2D eigenvalue weighted by Gasteiger charge is -2.24. The topological polar surface area (TPSA) is 77.9 Å². The van der Waals surface area contributed by atoms with Crippen molar-refractivity contribution in [1.82, 2.24) is 9.80 Å². The highest BCUT2D eigenvalue weighted by Crippen LogP contribution is 2.02. The molecule has 1 N–H and O–H groups in total. The molecule has 0 rings (SSSR count). The van der Waals surface area contributed by atoms with Gasteiger partial charge in [0.2, 0.25) is 11.8 Å². The standard InChI is InChI=1S/C11H20N2O4/c1-5-13(6-2)9(14)7-12(4)10(15)8(3)11(16)17/h8H,5-7H2,1-4H3,(H,16,17). The molecular weight excluding hydrogens is 224 g/mol. The van der Waals surface area contributed by atoms with Crippen molar-refractivity contribution in [2.45, 2.75) is 20.8 Å². The molecule has 0 aromatic rings. The monoisotopic (exact) mass is 244 g/mol. The molecule has 2 amide bonds. The average Bonchev–Trinajstić information content (AvgIpc) is 2.28. The average molecular weight is 244 g/mol. The lowest BCUT2D eigenvalue weighted by Crippen LogP contribution is -2.43. The molecule has 98 valence electrons. The maximum Gasteiger partial charge on any atom is 0.315 e. The minimum atomic E-state index is -1.18. The van der Waals surface area contributed by atoms with Crippen molar-refractivity contribution < 1.29 is 19.5 Å². The summed E-state index contributed by atoms with van der Waals surface area (Å²) in [6.45, 7) is 6.07. The van der Waals surface area contributed by atoms with Crippen molar-refractivity contribution in [3.8, 4) is 0 Å². The van der Waals surface area contributed by atoms with Crippen molar-refractivity contribution in [3.05, 3.63) is 0 Å². The fourth-order valence-corrected chi connectivity index (χ4v) is 1.39. The zero-order chi connectivity index (χ0) is 13.6. The molecule has 6 nitrogen and oxygen atoms in total. The van der Waals surface area contributed by atoms with Gasteiger partial charge in [0.1, 0.15) is 5.92 Å². The fourth-order valence-electron chi connectivity index (χ4n) is 1.39. The molecule has 0 bridgehead atoms. The molecule has 0 aliphatic rings. The first-order chi connectivity index (χ1) is 7.84. The van der Waals surface area contributed by atoms with Gasteiger partial charge < -0.3 is 14.9 Å². The Balaban J connectivity index is 4.44. The molecule has 6 heteroatoms. The maximum absolute atomic E-state index is 11.7. The Bertz CT molecular complexity index is 300. The van der Waals surface area contributed by atoms with Crippen LogP contribution in [0.4, 0.5) is 0 Å². The first-order valence-corrected chi connectivity index (χ1v) is 5.60. The molecular formula is C11H20N2O4. The molecule has 1 atom stereocenters. The summed E-state index contributed by atoms with van der Waals surface area (Å²) in [4.78, 5) is 36.7. The lowest BCUT2D eigenvalue weighted by molar-refractivity contribution is -0.151. The molecule has 0 saturated heterocycles. The van der Waals surface area contributed by atoms with Crippen LogP contribution in [0.25, 0.3) is 0 Å². The third kappa shape index (κ3) is 4.42. The quantitative estimate of drug-likeness (QED) is 0.669. The van der Waals surface area contributed by atoms with Crippen molar-refractivity contribution in [2.75, 3.05) is 26.7 Å². The normalized spacial score (nSPS) is 11.8. The van der Waals surface area contributed by atoms with Crippen LogP contribution in [0.15, 0.2) is 0 Å². The van der Waals surface area contributed by atoms with E-state index in [1.54, 1.807) is 4.90 Å². The molecule has 1 unspecified atom stereocenters. The summed E-state index contributed by atoms with van der Waals surface area (Å²) in [5, 5.41) is 8.69. The van der Waals surface area contributed by atoms with Crippen molar-refractivity contribution in [2.24, 2.45) is 5.92 Å². The van der Waals surface area contributed by atoms with Crippen molar-refractivity contribution >= 4 is 17.8 Å². The number of aliphatic carboxylic acids is 1. The number of carboxylic acids is 1. The molecule has 0 fully saturated rings. The smallest absolute Gasteiger partial charge is 0.315 e. The van der Waals surface area contributed by atoms with E-state index in [9.17, 15) is 14.4 Å². The summed E-state index contributed by atoms with van der Waals surface area (Å²) in [5.74, 6) is -3.04. The van der Waals surface area contributed by atoms with Crippen LogP contribution >= 0.6 is 0 Å². The molecule has 0 aromatic carbocycles. The predicted octanol–water partition coefficient (Wildman–Crippen LogP) is 0.0339. The summed E-state index contributed by atoms with van der Waals surface area (Å²) in [7, 11) is 1.43. The Morgan fingerprint density at radius 1 is 1.18 bits per heavy atom. The van der Waals surface area contributed by atoms with Crippen molar-refractivity contribution in [1.29, 1.82) is 0 Å². The number of rotatable bonds is 6. The van der Waals surface area contributed by atoms with Gasteiger partial charge in [0.15, 0.2) is 0 Å². The van der Waals surface area contributed by atoms with E-state index in [4.69, 9.17) is 5.11 Å². The largest absolute Gasteiger partial charge is 0.481 e. The van der Waals surface area contributed by atoms with Gasteiger partial charge in [-0.1, -0.05) is 0 Å². The van der Waals surface area contributed by atoms with E-state index in [0.717, 1.165) is 4.90 Å². The molecule has 0 saturated carbocycles. The molecule has 17 heavy (non-hydrogen) atoms. The molecule has 0 radical (unpaired) electrons. The zero-order valence-electron chi connectivity index (χ0n) is 10.8. The van der Waals surface area contributed by atoms with E-state index in [0.29, 0.717) is 13.1 Å². The van der Waals surface area contributed by atoms with Gasteiger partial charge >= 0.3 is 5.97 Å². The molecule has 0 aromatic heterocycles. The van der Waals surface area contributed by atoms with E-state index < -0.39 is 17.8 Å². The number of likely N-dealkylation sites (N-methyl/N-ethyl adjacent to an activating group) is 2. The van der Waals surface area contributed by atoms with Crippen molar-refractivity contribution in [3.63, 3.8) is 0 Å². The SMILES string of the molecule is CCN(CC)C(=O)CN(C)C(=O)C(C)C(=O)O. The molecule has 0 aliphatic carbocycles. The molecule has 0 heterocycles. The summed E-state index contributed by atoms with van der Waals surface area (Å²) >= 11 is 0. The summed E-state index contributed by atoms with van der Waals surface area (Å²) in [6, 6.07) is 0. The molecule has 0 spiro atoms. The van der Waals surface area contributed by atoms with Gasteiger partial charge in [0, 0.05) is 20.1 Å². The second kappa shape index (κ2) is 6.88. The van der Waals surface area contributed by atoms with Gasteiger partial charge in [-0.3, -0.25) is 14.4 Å². The van der Waals surface area contributed by atoms with Gasteiger partial charge in [-0.2, -0.15) is 0 Å². The van der Waals surface area contributed by atoms with Crippen LogP contribution in [0.2, 0.25) is 0 Å². The number of carboxylic acid groups (broad SMARTS) is 1. The third-order valence-corrected chi connectivity index (χ3v) is 2.61.